The Labute approximate surface area is 101 Å². The van der Waals surface area contributed by atoms with Gasteiger partial charge in [-0.25, -0.2) is 0 Å². The van der Waals surface area contributed by atoms with E-state index in [1.807, 2.05) is 12.1 Å². The molecule has 4 heteroatoms. The Morgan fingerprint density at radius 1 is 1.29 bits per heavy atom. The lowest BCUT2D eigenvalue weighted by Crippen LogP contribution is -2.44. The Balaban J connectivity index is 1.89. The first-order valence-corrected chi connectivity index (χ1v) is 6.30. The average molecular weight is 234 g/mol. The van der Waals surface area contributed by atoms with Crippen molar-refractivity contribution in [1.29, 1.82) is 0 Å². The molecular formula is C13H18N2O2. The van der Waals surface area contributed by atoms with Crippen LogP contribution in [-0.4, -0.2) is 33.4 Å². The third-order valence-electron chi connectivity index (χ3n) is 3.97. The number of aliphatic hydroxyl groups is 2. The van der Waals surface area contributed by atoms with Crippen LogP contribution < -0.4 is 4.90 Å². The van der Waals surface area contributed by atoms with Crippen molar-refractivity contribution in [2.75, 3.05) is 4.90 Å². The van der Waals surface area contributed by atoms with Gasteiger partial charge in [0.05, 0.1) is 18.4 Å². The molecule has 2 bridgehead atoms. The van der Waals surface area contributed by atoms with Gasteiger partial charge in [0.25, 0.3) is 0 Å². The second-order valence-corrected chi connectivity index (χ2v) is 5.08. The third-order valence-corrected chi connectivity index (χ3v) is 3.97. The van der Waals surface area contributed by atoms with E-state index in [-0.39, 0.29) is 12.7 Å². The molecule has 17 heavy (non-hydrogen) atoms. The number of fused-ring (bicyclic) bond motifs is 2. The maximum Gasteiger partial charge on any atom is 0.0853 e. The summed E-state index contributed by atoms with van der Waals surface area (Å²) in [5.41, 5.74) is 1.86. The maximum atomic E-state index is 9.78. The molecule has 0 radical (unpaired) electrons. The molecule has 0 saturated carbocycles. The highest BCUT2D eigenvalue weighted by molar-refractivity contribution is 5.50. The van der Waals surface area contributed by atoms with E-state index in [0.717, 1.165) is 18.5 Å². The minimum Gasteiger partial charge on any atom is -0.393 e. The van der Waals surface area contributed by atoms with Gasteiger partial charge in [-0.05, 0) is 37.8 Å². The topological polar surface area (TPSA) is 56.6 Å². The molecule has 0 aliphatic carbocycles. The number of aromatic nitrogens is 1. The predicted octanol–water partition coefficient (Wildman–Crippen LogP) is 1.07. The quantitative estimate of drug-likeness (QED) is 0.803. The number of pyridine rings is 1. The van der Waals surface area contributed by atoms with Gasteiger partial charge in [-0.15, -0.1) is 0 Å². The van der Waals surface area contributed by atoms with E-state index < -0.39 is 0 Å². The largest absolute Gasteiger partial charge is 0.393 e. The minimum absolute atomic E-state index is 0.0142. The average Bonchev–Trinajstić information content (AvgIpc) is 2.62. The lowest BCUT2D eigenvalue weighted by atomic mass is 9.99. The van der Waals surface area contributed by atoms with Crippen LogP contribution in [0.2, 0.25) is 0 Å². The Morgan fingerprint density at radius 2 is 2.00 bits per heavy atom. The highest BCUT2D eigenvalue weighted by Gasteiger charge is 2.40. The van der Waals surface area contributed by atoms with Crippen molar-refractivity contribution in [1.82, 2.24) is 4.98 Å². The standard InChI is InChI=1S/C13H18N2O2/c16-8-9-5-12(3-4-14-9)15-10-1-2-11(15)7-13(17)6-10/h3-5,10-11,13,16-17H,1-2,6-8H2. The van der Waals surface area contributed by atoms with Crippen LogP contribution in [0.15, 0.2) is 18.3 Å². The molecule has 2 aliphatic heterocycles. The third kappa shape index (κ3) is 1.91. The van der Waals surface area contributed by atoms with Gasteiger partial charge < -0.3 is 15.1 Å². The number of nitrogens with zero attached hydrogens (tertiary/aromatic N) is 2. The first-order valence-electron chi connectivity index (χ1n) is 6.30. The summed E-state index contributed by atoms with van der Waals surface area (Å²) >= 11 is 0. The lowest BCUT2D eigenvalue weighted by Gasteiger charge is -2.39. The summed E-state index contributed by atoms with van der Waals surface area (Å²) in [6.45, 7) is -0.0142. The molecular weight excluding hydrogens is 216 g/mol. The molecule has 0 aromatic carbocycles. The van der Waals surface area contributed by atoms with Crippen LogP contribution in [0.4, 0.5) is 5.69 Å². The molecule has 2 fully saturated rings. The monoisotopic (exact) mass is 234 g/mol. The fraction of sp³-hybridized carbons (Fsp3) is 0.615. The van der Waals surface area contributed by atoms with Crippen molar-refractivity contribution < 1.29 is 10.2 Å². The van der Waals surface area contributed by atoms with Crippen molar-refractivity contribution in [2.45, 2.75) is 50.5 Å². The number of piperidine rings is 1. The molecule has 3 heterocycles. The second kappa shape index (κ2) is 4.27. The van der Waals surface area contributed by atoms with Crippen LogP contribution >= 0.6 is 0 Å². The molecule has 1 aromatic heterocycles. The minimum atomic E-state index is -0.136. The first-order chi connectivity index (χ1) is 8.28. The molecule has 0 spiro atoms. The predicted molar refractivity (Wildman–Crippen MR) is 64.7 cm³/mol. The smallest absolute Gasteiger partial charge is 0.0853 e. The molecule has 2 aliphatic rings. The maximum absolute atomic E-state index is 9.78. The van der Waals surface area contributed by atoms with Gasteiger partial charge in [0, 0.05) is 24.0 Å². The summed E-state index contributed by atoms with van der Waals surface area (Å²) in [4.78, 5) is 6.52. The van der Waals surface area contributed by atoms with E-state index in [0.29, 0.717) is 17.8 Å². The highest BCUT2D eigenvalue weighted by atomic mass is 16.3. The molecule has 0 amide bonds. The molecule has 92 valence electrons. The fourth-order valence-corrected chi connectivity index (χ4v) is 3.28. The van der Waals surface area contributed by atoms with Crippen LogP contribution in [-0.2, 0) is 6.61 Å². The summed E-state index contributed by atoms with van der Waals surface area (Å²) in [5.74, 6) is 0. The Kier molecular flexibility index (Phi) is 2.76. The Bertz CT molecular complexity index is 396. The van der Waals surface area contributed by atoms with Gasteiger partial charge in [-0.2, -0.15) is 0 Å². The van der Waals surface area contributed by atoms with E-state index in [4.69, 9.17) is 5.11 Å². The van der Waals surface area contributed by atoms with Crippen LogP contribution in [0.1, 0.15) is 31.4 Å². The number of rotatable bonds is 2. The first kappa shape index (κ1) is 11.0. The fourth-order valence-electron chi connectivity index (χ4n) is 3.28. The van der Waals surface area contributed by atoms with E-state index in [2.05, 4.69) is 9.88 Å². The van der Waals surface area contributed by atoms with Gasteiger partial charge in [-0.1, -0.05) is 0 Å². The number of hydrogen-bond acceptors (Lipinski definition) is 4. The van der Waals surface area contributed by atoms with Gasteiger partial charge >= 0.3 is 0 Å². The van der Waals surface area contributed by atoms with Crippen molar-refractivity contribution in [3.8, 4) is 0 Å². The van der Waals surface area contributed by atoms with Crippen molar-refractivity contribution in [2.24, 2.45) is 0 Å². The van der Waals surface area contributed by atoms with E-state index in [1.54, 1.807) is 6.20 Å². The summed E-state index contributed by atoms with van der Waals surface area (Å²) in [5, 5.41) is 18.9. The van der Waals surface area contributed by atoms with Crippen molar-refractivity contribution in [3.63, 3.8) is 0 Å². The van der Waals surface area contributed by atoms with Gasteiger partial charge in [-0.3, -0.25) is 4.98 Å². The number of hydrogen-bond donors (Lipinski definition) is 2. The molecule has 2 N–H and O–H groups in total. The normalized spacial score (nSPS) is 31.9. The van der Waals surface area contributed by atoms with Gasteiger partial charge in [0.2, 0.25) is 0 Å². The zero-order valence-corrected chi connectivity index (χ0v) is 9.79. The van der Waals surface area contributed by atoms with E-state index in [1.165, 1.54) is 12.8 Å². The lowest BCUT2D eigenvalue weighted by molar-refractivity contribution is 0.126. The molecule has 2 unspecified atom stereocenters. The molecule has 2 saturated heterocycles. The molecule has 4 nitrogen and oxygen atoms in total. The summed E-state index contributed by atoms with van der Waals surface area (Å²) in [7, 11) is 0. The van der Waals surface area contributed by atoms with Crippen LogP contribution in [0.5, 0.6) is 0 Å². The van der Waals surface area contributed by atoms with Gasteiger partial charge in [0.1, 0.15) is 0 Å². The summed E-state index contributed by atoms with van der Waals surface area (Å²) in [6.07, 6.45) is 5.69. The summed E-state index contributed by atoms with van der Waals surface area (Å²) < 4.78 is 0. The highest BCUT2D eigenvalue weighted by Crippen LogP contribution is 2.39. The zero-order valence-electron chi connectivity index (χ0n) is 9.79. The summed E-state index contributed by atoms with van der Waals surface area (Å²) in [6, 6.07) is 4.88. The Morgan fingerprint density at radius 3 is 2.65 bits per heavy atom. The second-order valence-electron chi connectivity index (χ2n) is 5.08. The van der Waals surface area contributed by atoms with Crippen LogP contribution in [0.3, 0.4) is 0 Å². The number of anilines is 1. The molecule has 2 atom stereocenters. The SMILES string of the molecule is OCc1cc(N2C3CCC2CC(O)C3)ccn1. The van der Waals surface area contributed by atoms with Crippen molar-refractivity contribution >= 4 is 5.69 Å². The number of aliphatic hydroxyl groups excluding tert-OH is 2. The molecule has 1 aromatic rings. The van der Waals surface area contributed by atoms with Crippen LogP contribution in [0.25, 0.3) is 0 Å². The zero-order chi connectivity index (χ0) is 11.8. The van der Waals surface area contributed by atoms with Crippen molar-refractivity contribution in [3.05, 3.63) is 24.0 Å². The Hall–Kier alpha value is -1.13. The van der Waals surface area contributed by atoms with Crippen LogP contribution in [0, 0.1) is 0 Å². The molecule has 3 rings (SSSR count). The van der Waals surface area contributed by atoms with E-state index >= 15 is 0 Å². The van der Waals surface area contributed by atoms with Gasteiger partial charge in [0.15, 0.2) is 0 Å². The van der Waals surface area contributed by atoms with E-state index in [9.17, 15) is 5.11 Å².